The van der Waals surface area contributed by atoms with E-state index >= 15 is 0 Å². The van der Waals surface area contributed by atoms with Crippen LogP contribution in [0.15, 0.2) is 36.8 Å². The molecule has 3 aromatic rings. The smallest absolute Gasteiger partial charge is 0.151 e. The molecule has 0 unspecified atom stereocenters. The van der Waals surface area contributed by atoms with Gasteiger partial charge >= 0.3 is 0 Å². The molecule has 1 aliphatic heterocycles. The Morgan fingerprint density at radius 1 is 1.13 bits per heavy atom. The molecule has 0 atom stereocenters. The highest BCUT2D eigenvalue weighted by Gasteiger charge is 2.37. The van der Waals surface area contributed by atoms with Crippen molar-refractivity contribution in [2.75, 3.05) is 7.05 Å². The van der Waals surface area contributed by atoms with Crippen LogP contribution in [0.25, 0.3) is 5.69 Å². The van der Waals surface area contributed by atoms with Crippen molar-refractivity contribution in [1.29, 1.82) is 0 Å². The van der Waals surface area contributed by atoms with E-state index in [1.807, 2.05) is 4.57 Å². The third-order valence-electron chi connectivity index (χ3n) is 6.33. The molecule has 1 aliphatic carbocycles. The van der Waals surface area contributed by atoms with Gasteiger partial charge in [0, 0.05) is 18.5 Å². The van der Waals surface area contributed by atoms with Gasteiger partial charge in [-0.1, -0.05) is 12.1 Å². The fourth-order valence-electron chi connectivity index (χ4n) is 4.74. The molecule has 1 aromatic carbocycles. The number of halogens is 3. The van der Waals surface area contributed by atoms with E-state index in [1.54, 1.807) is 6.33 Å². The van der Waals surface area contributed by atoms with E-state index in [-0.39, 0.29) is 5.92 Å². The average Bonchev–Trinajstić information content (AvgIpc) is 3.11. The number of aromatic nitrogens is 4. The van der Waals surface area contributed by atoms with Gasteiger partial charge in [0.2, 0.25) is 0 Å². The Kier molecular flexibility index (Phi) is 4.82. The first kappa shape index (κ1) is 19.6. The summed E-state index contributed by atoms with van der Waals surface area (Å²) in [4.78, 5) is 5.71. The number of fused-ring (bicyclic) bond motifs is 3. The van der Waals surface area contributed by atoms with Gasteiger partial charge in [-0.15, -0.1) is 21.8 Å². The van der Waals surface area contributed by atoms with Crippen LogP contribution < -0.4 is 0 Å². The second kappa shape index (κ2) is 7.39. The predicted octanol–water partition coefficient (Wildman–Crippen LogP) is 4.68. The molecule has 2 aromatic heterocycles. The molecule has 3 heterocycles. The number of rotatable bonds is 2. The molecule has 1 fully saturated rings. The van der Waals surface area contributed by atoms with Crippen LogP contribution in [0, 0.1) is 11.6 Å². The van der Waals surface area contributed by atoms with Crippen molar-refractivity contribution in [2.24, 2.45) is 0 Å². The minimum Gasteiger partial charge on any atom is -0.295 e. The van der Waals surface area contributed by atoms with E-state index in [0.717, 1.165) is 42.4 Å². The van der Waals surface area contributed by atoms with Crippen molar-refractivity contribution in [3.05, 3.63) is 71.1 Å². The lowest BCUT2D eigenvalue weighted by Gasteiger charge is -2.36. The fourth-order valence-corrected chi connectivity index (χ4v) is 5.08. The number of alkyl halides is 1. The molecule has 0 saturated heterocycles. The zero-order valence-electron chi connectivity index (χ0n) is 16.7. The summed E-state index contributed by atoms with van der Waals surface area (Å²) in [6, 6.07) is 7.27. The van der Waals surface area contributed by atoms with Gasteiger partial charge in [-0.2, -0.15) is 0 Å². The normalized spacial score (nSPS) is 24.2. The highest BCUT2D eigenvalue weighted by Crippen LogP contribution is 2.48. The number of benzene rings is 1. The maximum atomic E-state index is 14.2. The lowest BCUT2D eigenvalue weighted by molar-refractivity contribution is 0.314. The van der Waals surface area contributed by atoms with Gasteiger partial charge in [0.05, 0.1) is 29.0 Å². The lowest BCUT2D eigenvalue weighted by atomic mass is 9.76. The second-order valence-corrected chi connectivity index (χ2v) is 9.12. The number of nitrogens with zero attached hydrogens (tertiary/aromatic N) is 5. The summed E-state index contributed by atoms with van der Waals surface area (Å²) in [5.41, 5.74) is 3.69. The maximum Gasteiger partial charge on any atom is 0.151 e. The first-order valence-electron chi connectivity index (χ1n) is 10.1. The van der Waals surface area contributed by atoms with E-state index in [1.165, 1.54) is 5.56 Å². The molecule has 0 bridgehead atoms. The third-order valence-corrected chi connectivity index (χ3v) is 6.92. The van der Waals surface area contributed by atoms with Crippen molar-refractivity contribution >= 4 is 11.6 Å². The van der Waals surface area contributed by atoms with Crippen LogP contribution in [0.2, 0.25) is 0 Å². The van der Waals surface area contributed by atoms with Crippen molar-refractivity contribution < 1.29 is 8.78 Å². The molecule has 8 heteroatoms. The Morgan fingerprint density at radius 3 is 2.70 bits per heavy atom. The Labute approximate surface area is 178 Å². The van der Waals surface area contributed by atoms with Crippen LogP contribution >= 0.6 is 11.6 Å². The Bertz CT molecular complexity index is 1090. The molecule has 30 heavy (non-hydrogen) atoms. The zero-order chi connectivity index (χ0) is 20.9. The van der Waals surface area contributed by atoms with Crippen molar-refractivity contribution in [1.82, 2.24) is 24.6 Å². The summed E-state index contributed by atoms with van der Waals surface area (Å²) in [6.07, 6.45) is 5.69. The van der Waals surface area contributed by atoms with Crippen LogP contribution in [-0.4, -0.2) is 31.7 Å². The van der Waals surface area contributed by atoms with Gasteiger partial charge in [0.1, 0.15) is 18.0 Å². The van der Waals surface area contributed by atoms with Crippen LogP contribution in [0.3, 0.4) is 0 Å². The van der Waals surface area contributed by atoms with Gasteiger partial charge in [-0.25, -0.2) is 8.78 Å². The molecule has 0 radical (unpaired) electrons. The monoisotopic (exact) mass is 429 g/mol. The molecule has 1 saturated carbocycles. The molecule has 2 aliphatic rings. The quantitative estimate of drug-likeness (QED) is 0.555. The summed E-state index contributed by atoms with van der Waals surface area (Å²) < 4.78 is 29.4. The van der Waals surface area contributed by atoms with Crippen molar-refractivity contribution in [2.45, 2.75) is 49.6 Å². The molecule has 0 amide bonds. The highest BCUT2D eigenvalue weighted by molar-refractivity contribution is 6.24. The third kappa shape index (κ3) is 3.40. The SMILES string of the molecule is CN1Cc2cc(C3(Cl)CCC(c4ncc(F)cc4F)CC3)ccc2-n2cnnc2C1. The lowest BCUT2D eigenvalue weighted by Crippen LogP contribution is -2.26. The van der Waals surface area contributed by atoms with E-state index in [2.05, 4.69) is 45.3 Å². The van der Waals surface area contributed by atoms with E-state index in [0.29, 0.717) is 31.4 Å². The first-order chi connectivity index (χ1) is 14.4. The molecular weight excluding hydrogens is 408 g/mol. The minimum atomic E-state index is -0.648. The molecular formula is C22H22ClF2N5. The number of pyridine rings is 1. The Morgan fingerprint density at radius 2 is 1.93 bits per heavy atom. The largest absolute Gasteiger partial charge is 0.295 e. The summed E-state index contributed by atoms with van der Waals surface area (Å²) in [5, 5.41) is 8.28. The standard InChI is InChI=1S/C22H22ClF2N5/c1-29-11-15-8-16(2-3-19(15)30-13-27-28-20(30)12-29)22(23)6-4-14(5-7-22)21-18(25)9-17(24)10-26-21/h2-3,8-10,13-14H,4-7,11-12H2,1H3. The van der Waals surface area contributed by atoms with Gasteiger partial charge < -0.3 is 0 Å². The average molecular weight is 430 g/mol. The maximum absolute atomic E-state index is 14.2. The molecule has 0 spiro atoms. The minimum absolute atomic E-state index is 0.0379. The van der Waals surface area contributed by atoms with Crippen molar-refractivity contribution in [3.63, 3.8) is 0 Å². The van der Waals surface area contributed by atoms with Crippen LogP contribution in [0.5, 0.6) is 0 Å². The number of hydrogen-bond acceptors (Lipinski definition) is 4. The van der Waals surface area contributed by atoms with Gasteiger partial charge in [-0.3, -0.25) is 14.5 Å². The fraction of sp³-hybridized carbons (Fsp3) is 0.409. The Balaban J connectivity index is 1.40. The Hall–Kier alpha value is -2.38. The molecule has 5 rings (SSSR count). The van der Waals surface area contributed by atoms with E-state index in [9.17, 15) is 8.78 Å². The van der Waals surface area contributed by atoms with Gasteiger partial charge in [-0.05, 0) is 49.9 Å². The first-order valence-corrected chi connectivity index (χ1v) is 10.5. The second-order valence-electron chi connectivity index (χ2n) is 8.39. The van der Waals surface area contributed by atoms with Crippen LogP contribution in [-0.2, 0) is 18.0 Å². The van der Waals surface area contributed by atoms with E-state index < -0.39 is 16.5 Å². The summed E-state index contributed by atoms with van der Waals surface area (Å²) >= 11 is 7.10. The van der Waals surface area contributed by atoms with Crippen molar-refractivity contribution in [3.8, 4) is 5.69 Å². The van der Waals surface area contributed by atoms with Gasteiger partial charge in [0.15, 0.2) is 5.82 Å². The summed E-state index contributed by atoms with van der Waals surface area (Å²) in [7, 11) is 2.06. The predicted molar refractivity (Wildman–Crippen MR) is 109 cm³/mol. The summed E-state index contributed by atoms with van der Waals surface area (Å²) in [6.45, 7) is 1.53. The number of hydrogen-bond donors (Lipinski definition) is 0. The molecule has 156 valence electrons. The summed E-state index contributed by atoms with van der Waals surface area (Å²) in [5.74, 6) is -0.340. The van der Waals surface area contributed by atoms with Crippen LogP contribution in [0.4, 0.5) is 8.78 Å². The van der Waals surface area contributed by atoms with Gasteiger partial charge in [0.25, 0.3) is 0 Å². The molecule has 5 nitrogen and oxygen atoms in total. The zero-order valence-corrected chi connectivity index (χ0v) is 17.4. The topological polar surface area (TPSA) is 46.8 Å². The highest BCUT2D eigenvalue weighted by atomic mass is 35.5. The molecule has 0 N–H and O–H groups in total. The van der Waals surface area contributed by atoms with Crippen LogP contribution in [0.1, 0.15) is 54.2 Å². The van der Waals surface area contributed by atoms with E-state index in [4.69, 9.17) is 11.6 Å².